The summed E-state index contributed by atoms with van der Waals surface area (Å²) in [5.41, 5.74) is 4.81. The smallest absolute Gasteiger partial charge is 0.267 e. The molecule has 1 saturated carbocycles. The van der Waals surface area contributed by atoms with Crippen LogP contribution in [0, 0.1) is 5.92 Å². The largest absolute Gasteiger partial charge is 0.274 e. The lowest BCUT2D eigenvalue weighted by Crippen LogP contribution is -2.31. The Morgan fingerprint density at radius 1 is 0.848 bits per heavy atom. The van der Waals surface area contributed by atoms with E-state index in [1.165, 1.54) is 5.57 Å². The van der Waals surface area contributed by atoms with Gasteiger partial charge in [0.25, 0.3) is 5.91 Å². The van der Waals surface area contributed by atoms with Crippen LogP contribution < -0.4 is 0 Å². The molecule has 1 fully saturated rings. The van der Waals surface area contributed by atoms with Gasteiger partial charge in [-0.3, -0.25) is 4.79 Å². The van der Waals surface area contributed by atoms with Crippen LogP contribution in [-0.2, 0) is 0 Å². The van der Waals surface area contributed by atoms with Crippen molar-refractivity contribution in [1.29, 1.82) is 0 Å². The highest BCUT2D eigenvalue weighted by atomic mass is 35.5. The Bertz CT molecular complexity index is 1230. The molecule has 3 aromatic carbocycles. The molecule has 6 heteroatoms. The number of allylic oxidation sites excluding steroid dienone is 1. The second kappa shape index (κ2) is 9.34. The summed E-state index contributed by atoms with van der Waals surface area (Å²) < 4.78 is 0. The Hall–Kier alpha value is -2.59. The lowest BCUT2D eigenvalue weighted by molar-refractivity contribution is 0.0681. The fourth-order valence-corrected chi connectivity index (χ4v) is 5.02. The number of carbonyl (C=O) groups is 1. The first-order valence-corrected chi connectivity index (χ1v) is 12.0. The number of nitrogens with zero attached hydrogens (tertiary/aromatic N) is 2. The molecule has 0 bridgehead atoms. The molecule has 0 N–H and O–H groups in total. The number of fused-ring (bicyclic) bond motifs is 1. The normalized spacial score (nSPS) is 21.1. The maximum atomic E-state index is 13.6. The summed E-state index contributed by atoms with van der Waals surface area (Å²) >= 11 is 18.2. The minimum atomic E-state index is -0.186. The van der Waals surface area contributed by atoms with Gasteiger partial charge in [0.05, 0.1) is 11.8 Å². The summed E-state index contributed by atoms with van der Waals surface area (Å²) in [4.78, 5) is 13.6. The van der Waals surface area contributed by atoms with Crippen molar-refractivity contribution in [2.24, 2.45) is 11.0 Å². The number of rotatable bonds is 3. The highest BCUT2D eigenvalue weighted by Gasteiger charge is 2.43. The van der Waals surface area contributed by atoms with Crippen molar-refractivity contribution < 1.29 is 4.79 Å². The van der Waals surface area contributed by atoms with E-state index in [1.54, 1.807) is 29.3 Å². The van der Waals surface area contributed by atoms with Gasteiger partial charge in [0.2, 0.25) is 0 Å². The van der Waals surface area contributed by atoms with E-state index in [0.29, 0.717) is 20.6 Å². The van der Waals surface area contributed by atoms with Gasteiger partial charge in [0.15, 0.2) is 0 Å². The minimum Gasteiger partial charge on any atom is -0.267 e. The van der Waals surface area contributed by atoms with Gasteiger partial charge < -0.3 is 0 Å². The van der Waals surface area contributed by atoms with Crippen LogP contribution in [0.15, 0.2) is 83.5 Å². The van der Waals surface area contributed by atoms with Crippen LogP contribution in [0.5, 0.6) is 0 Å². The topological polar surface area (TPSA) is 32.7 Å². The molecule has 2 atom stereocenters. The summed E-state index contributed by atoms with van der Waals surface area (Å²) in [7, 11) is 0. The quantitative estimate of drug-likeness (QED) is 0.361. The first kappa shape index (κ1) is 22.2. The summed E-state index contributed by atoms with van der Waals surface area (Å²) in [6.07, 6.45) is 5.09. The maximum Gasteiger partial charge on any atom is 0.274 e. The fraction of sp³-hybridized carbons (Fsp3) is 0.185. The van der Waals surface area contributed by atoms with Crippen LogP contribution in [0.25, 0.3) is 6.08 Å². The molecule has 5 rings (SSSR count). The Balaban J connectivity index is 1.57. The molecule has 0 spiro atoms. The van der Waals surface area contributed by atoms with Crippen molar-refractivity contribution in [3.8, 4) is 0 Å². The Morgan fingerprint density at radius 3 is 2.06 bits per heavy atom. The van der Waals surface area contributed by atoms with Crippen molar-refractivity contribution in [1.82, 2.24) is 5.01 Å². The van der Waals surface area contributed by atoms with E-state index in [9.17, 15) is 4.79 Å². The van der Waals surface area contributed by atoms with Gasteiger partial charge in [-0.05, 0) is 90.6 Å². The SMILES string of the molecule is O=C(c1ccc(Cl)cc1)N1N=C2/C(=C/c3ccc(Cl)cc3)CCC[C@@H]2[C@@H]1c1ccc(Cl)cc1. The summed E-state index contributed by atoms with van der Waals surface area (Å²) in [6, 6.07) is 22.3. The highest BCUT2D eigenvalue weighted by Crippen LogP contribution is 2.45. The van der Waals surface area contributed by atoms with Crippen LogP contribution in [0.2, 0.25) is 15.1 Å². The number of hydrogen-bond donors (Lipinski definition) is 0. The standard InChI is InChI=1S/C27H21Cl3N2O/c28-21-10-4-17(5-11-21)16-20-2-1-3-24-25(20)31-32(26(24)18-6-12-22(29)13-7-18)27(33)19-8-14-23(30)15-9-19/h4-16,24,26H,1-3H2/b20-16+/t24-,26-/m0/s1. The van der Waals surface area contributed by atoms with Crippen LogP contribution in [0.1, 0.15) is 46.8 Å². The predicted molar refractivity (Wildman–Crippen MR) is 136 cm³/mol. The average Bonchev–Trinajstić information content (AvgIpc) is 3.22. The minimum absolute atomic E-state index is 0.120. The highest BCUT2D eigenvalue weighted by molar-refractivity contribution is 6.31. The average molecular weight is 496 g/mol. The van der Waals surface area contributed by atoms with Crippen molar-refractivity contribution in [2.45, 2.75) is 25.3 Å². The Morgan fingerprint density at radius 2 is 1.42 bits per heavy atom. The second-order valence-electron chi connectivity index (χ2n) is 8.36. The summed E-state index contributed by atoms with van der Waals surface area (Å²) in [5.74, 6) is -0.0194. The van der Waals surface area contributed by atoms with Crippen LogP contribution in [0.3, 0.4) is 0 Å². The zero-order chi connectivity index (χ0) is 22.9. The second-order valence-corrected chi connectivity index (χ2v) is 9.67. The van der Waals surface area contributed by atoms with E-state index in [-0.39, 0.29) is 17.9 Å². The number of amides is 1. The fourth-order valence-electron chi connectivity index (χ4n) is 4.65. The molecule has 0 unspecified atom stereocenters. The molecule has 0 radical (unpaired) electrons. The van der Waals surface area contributed by atoms with Crippen LogP contribution in [-0.4, -0.2) is 16.6 Å². The van der Waals surface area contributed by atoms with Gasteiger partial charge >= 0.3 is 0 Å². The number of benzene rings is 3. The zero-order valence-electron chi connectivity index (χ0n) is 17.7. The van der Waals surface area contributed by atoms with Crippen molar-refractivity contribution in [3.05, 3.63) is 110 Å². The van der Waals surface area contributed by atoms with E-state index in [1.807, 2.05) is 48.5 Å². The third kappa shape index (κ3) is 4.59. The molecule has 1 amide bonds. The predicted octanol–water partition coefficient (Wildman–Crippen LogP) is 8.08. The molecule has 0 aromatic heterocycles. The Kier molecular flexibility index (Phi) is 6.29. The van der Waals surface area contributed by atoms with E-state index >= 15 is 0 Å². The first-order valence-electron chi connectivity index (χ1n) is 10.9. The molecule has 3 nitrogen and oxygen atoms in total. The van der Waals surface area contributed by atoms with Crippen LogP contribution >= 0.6 is 34.8 Å². The lowest BCUT2D eigenvalue weighted by Gasteiger charge is -2.29. The van der Waals surface area contributed by atoms with Gasteiger partial charge in [-0.2, -0.15) is 5.10 Å². The Labute approximate surface area is 208 Å². The molecule has 0 saturated heterocycles. The number of carbonyl (C=O) groups excluding carboxylic acids is 1. The van der Waals surface area contributed by atoms with E-state index in [2.05, 4.69) is 6.08 Å². The molecule has 1 aliphatic carbocycles. The maximum absolute atomic E-state index is 13.6. The molecule has 1 aliphatic heterocycles. The van der Waals surface area contributed by atoms with Crippen molar-refractivity contribution in [2.75, 3.05) is 0 Å². The third-order valence-electron chi connectivity index (χ3n) is 6.22. The van der Waals surface area contributed by atoms with Gasteiger partial charge in [-0.15, -0.1) is 0 Å². The number of hydrogen-bond acceptors (Lipinski definition) is 2. The number of halogens is 3. The molecular weight excluding hydrogens is 475 g/mol. The van der Waals surface area contributed by atoms with Crippen molar-refractivity contribution >= 4 is 52.5 Å². The molecule has 33 heavy (non-hydrogen) atoms. The summed E-state index contributed by atoms with van der Waals surface area (Å²) in [6.45, 7) is 0. The van der Waals surface area contributed by atoms with E-state index < -0.39 is 0 Å². The van der Waals surface area contributed by atoms with Gasteiger partial charge in [-0.25, -0.2) is 5.01 Å². The van der Waals surface area contributed by atoms with E-state index in [0.717, 1.165) is 36.1 Å². The van der Waals surface area contributed by atoms with Gasteiger partial charge in [-0.1, -0.05) is 59.1 Å². The molecule has 3 aromatic rings. The lowest BCUT2D eigenvalue weighted by atomic mass is 9.77. The molecule has 1 heterocycles. The monoisotopic (exact) mass is 494 g/mol. The van der Waals surface area contributed by atoms with Gasteiger partial charge in [0.1, 0.15) is 0 Å². The molecule has 2 aliphatic rings. The first-order chi connectivity index (χ1) is 16.0. The molecular formula is C27H21Cl3N2O. The number of hydrazone groups is 1. The molecule has 166 valence electrons. The zero-order valence-corrected chi connectivity index (χ0v) is 20.0. The van der Waals surface area contributed by atoms with Crippen molar-refractivity contribution in [3.63, 3.8) is 0 Å². The summed E-state index contributed by atoms with van der Waals surface area (Å²) in [5, 5.41) is 8.54. The van der Waals surface area contributed by atoms with Crippen LogP contribution in [0.4, 0.5) is 0 Å². The van der Waals surface area contributed by atoms with E-state index in [4.69, 9.17) is 39.9 Å². The van der Waals surface area contributed by atoms with Gasteiger partial charge in [0, 0.05) is 26.5 Å². The third-order valence-corrected chi connectivity index (χ3v) is 6.98.